The van der Waals surface area contributed by atoms with Gasteiger partial charge in [0.1, 0.15) is 5.82 Å². The third-order valence-electron chi connectivity index (χ3n) is 5.65. The number of nitrogens with zero attached hydrogens (tertiary/aromatic N) is 4. The number of anilines is 1. The van der Waals surface area contributed by atoms with Crippen molar-refractivity contribution in [1.82, 2.24) is 14.9 Å². The van der Waals surface area contributed by atoms with Crippen LogP contribution in [0.1, 0.15) is 29.0 Å². The van der Waals surface area contributed by atoms with Gasteiger partial charge in [0.15, 0.2) is 0 Å². The van der Waals surface area contributed by atoms with E-state index >= 15 is 0 Å². The Morgan fingerprint density at radius 2 is 1.69 bits per heavy atom. The van der Waals surface area contributed by atoms with Gasteiger partial charge in [-0.25, -0.2) is 4.98 Å². The van der Waals surface area contributed by atoms with Gasteiger partial charge in [-0.05, 0) is 23.6 Å². The van der Waals surface area contributed by atoms with E-state index in [1.807, 2.05) is 23.1 Å². The molecular weight excluding hydrogens is 360 g/mol. The molecule has 0 radical (unpaired) electrons. The standard InChI is InChI=1S/C24H26N4O/c1-19-7-5-6-10-21(19)22(20-8-3-2-4-9-20)17-24(29)28-15-13-27(14-16-28)23-18-25-11-12-26-23/h2-12,18,22H,13-17H2,1H3/t22-/m1/s1. The van der Waals surface area contributed by atoms with Crippen molar-refractivity contribution in [3.8, 4) is 0 Å². The molecule has 1 saturated heterocycles. The van der Waals surface area contributed by atoms with Gasteiger partial charge in [0.05, 0.1) is 6.20 Å². The van der Waals surface area contributed by atoms with Crippen LogP contribution in [0, 0.1) is 6.92 Å². The van der Waals surface area contributed by atoms with Crippen LogP contribution in [0.5, 0.6) is 0 Å². The molecule has 0 N–H and O–H groups in total. The molecule has 148 valence electrons. The summed E-state index contributed by atoms with van der Waals surface area (Å²) in [6, 6.07) is 18.7. The van der Waals surface area contributed by atoms with Crippen molar-refractivity contribution in [3.05, 3.63) is 89.9 Å². The molecule has 1 fully saturated rings. The first kappa shape index (κ1) is 19.1. The van der Waals surface area contributed by atoms with Gasteiger partial charge in [-0.1, -0.05) is 54.6 Å². The number of piperazine rings is 1. The first-order valence-electron chi connectivity index (χ1n) is 10.1. The highest BCUT2D eigenvalue weighted by Gasteiger charge is 2.26. The molecule has 2 aromatic carbocycles. The molecule has 5 heteroatoms. The van der Waals surface area contributed by atoms with Crippen LogP contribution in [0.3, 0.4) is 0 Å². The lowest BCUT2D eigenvalue weighted by molar-refractivity contribution is -0.131. The molecule has 29 heavy (non-hydrogen) atoms. The zero-order chi connectivity index (χ0) is 20.1. The summed E-state index contributed by atoms with van der Waals surface area (Å²) in [5, 5.41) is 0. The number of aryl methyl sites for hydroxylation is 1. The lowest BCUT2D eigenvalue weighted by Gasteiger charge is -2.36. The molecule has 4 rings (SSSR count). The van der Waals surface area contributed by atoms with E-state index in [1.54, 1.807) is 18.6 Å². The van der Waals surface area contributed by atoms with Crippen molar-refractivity contribution in [3.63, 3.8) is 0 Å². The predicted octanol–water partition coefficient (Wildman–Crippen LogP) is 3.66. The smallest absolute Gasteiger partial charge is 0.223 e. The van der Waals surface area contributed by atoms with Crippen molar-refractivity contribution >= 4 is 11.7 Å². The number of carbonyl (C=O) groups is 1. The molecule has 0 spiro atoms. The zero-order valence-electron chi connectivity index (χ0n) is 16.7. The predicted molar refractivity (Wildman–Crippen MR) is 115 cm³/mol. The molecule has 5 nitrogen and oxygen atoms in total. The second kappa shape index (κ2) is 8.86. The molecule has 3 aromatic rings. The number of amides is 1. The van der Waals surface area contributed by atoms with Crippen LogP contribution in [0.4, 0.5) is 5.82 Å². The minimum Gasteiger partial charge on any atom is -0.352 e. The van der Waals surface area contributed by atoms with Gasteiger partial charge in [0, 0.05) is 50.9 Å². The molecule has 1 aliphatic heterocycles. The highest BCUT2D eigenvalue weighted by Crippen LogP contribution is 2.31. The number of aromatic nitrogens is 2. The Morgan fingerprint density at radius 1 is 0.966 bits per heavy atom. The van der Waals surface area contributed by atoms with Crippen LogP contribution in [0.2, 0.25) is 0 Å². The van der Waals surface area contributed by atoms with E-state index in [1.165, 1.54) is 16.7 Å². The van der Waals surface area contributed by atoms with Crippen molar-refractivity contribution in [2.75, 3.05) is 31.1 Å². The van der Waals surface area contributed by atoms with Crippen LogP contribution >= 0.6 is 0 Å². The Hall–Kier alpha value is -3.21. The van der Waals surface area contributed by atoms with Crippen LogP contribution in [0.25, 0.3) is 0 Å². The van der Waals surface area contributed by atoms with E-state index in [9.17, 15) is 4.79 Å². The van der Waals surface area contributed by atoms with Gasteiger partial charge in [-0.3, -0.25) is 9.78 Å². The molecule has 1 aromatic heterocycles. The maximum absolute atomic E-state index is 13.2. The number of rotatable bonds is 5. The minimum absolute atomic E-state index is 0.0721. The molecule has 0 saturated carbocycles. The highest BCUT2D eigenvalue weighted by atomic mass is 16.2. The van der Waals surface area contributed by atoms with Crippen molar-refractivity contribution in [2.24, 2.45) is 0 Å². The summed E-state index contributed by atoms with van der Waals surface area (Å²) in [6.45, 7) is 5.11. The van der Waals surface area contributed by atoms with Gasteiger partial charge in [-0.15, -0.1) is 0 Å². The summed E-state index contributed by atoms with van der Waals surface area (Å²) in [5.41, 5.74) is 3.64. The Balaban J connectivity index is 1.47. The van der Waals surface area contributed by atoms with Crippen LogP contribution in [-0.2, 0) is 4.79 Å². The van der Waals surface area contributed by atoms with Crippen molar-refractivity contribution in [2.45, 2.75) is 19.3 Å². The molecular formula is C24H26N4O. The van der Waals surface area contributed by atoms with E-state index in [-0.39, 0.29) is 11.8 Å². The van der Waals surface area contributed by atoms with E-state index in [0.717, 1.165) is 18.9 Å². The Kier molecular flexibility index (Phi) is 5.84. The maximum Gasteiger partial charge on any atom is 0.223 e. The second-order valence-electron chi connectivity index (χ2n) is 7.46. The normalized spacial score (nSPS) is 15.2. The van der Waals surface area contributed by atoms with Crippen LogP contribution < -0.4 is 4.90 Å². The molecule has 2 heterocycles. The molecule has 1 amide bonds. The fourth-order valence-electron chi connectivity index (χ4n) is 4.01. The minimum atomic E-state index is 0.0721. The van der Waals surface area contributed by atoms with E-state index in [4.69, 9.17) is 0 Å². The maximum atomic E-state index is 13.2. The van der Waals surface area contributed by atoms with Crippen molar-refractivity contribution < 1.29 is 4.79 Å². The molecule has 1 aliphatic rings. The Labute approximate surface area is 172 Å². The third kappa shape index (κ3) is 4.45. The first-order valence-corrected chi connectivity index (χ1v) is 10.1. The van der Waals surface area contributed by atoms with Gasteiger partial charge in [0.25, 0.3) is 0 Å². The molecule has 1 atom stereocenters. The van der Waals surface area contributed by atoms with Gasteiger partial charge in [-0.2, -0.15) is 0 Å². The van der Waals surface area contributed by atoms with E-state index in [0.29, 0.717) is 19.5 Å². The van der Waals surface area contributed by atoms with Gasteiger partial charge < -0.3 is 9.80 Å². The van der Waals surface area contributed by atoms with E-state index in [2.05, 4.69) is 58.2 Å². The fraction of sp³-hybridized carbons (Fsp3) is 0.292. The summed E-state index contributed by atoms with van der Waals surface area (Å²) in [6.07, 6.45) is 5.65. The van der Waals surface area contributed by atoms with Crippen LogP contribution in [0.15, 0.2) is 73.2 Å². The second-order valence-corrected chi connectivity index (χ2v) is 7.46. The lowest BCUT2D eigenvalue weighted by atomic mass is 9.85. The quantitative estimate of drug-likeness (QED) is 0.672. The van der Waals surface area contributed by atoms with Gasteiger partial charge in [0.2, 0.25) is 5.91 Å². The highest BCUT2D eigenvalue weighted by molar-refractivity contribution is 5.78. The summed E-state index contributed by atoms with van der Waals surface area (Å²) in [4.78, 5) is 25.9. The Bertz CT molecular complexity index is 937. The largest absolute Gasteiger partial charge is 0.352 e. The average molecular weight is 386 g/mol. The van der Waals surface area contributed by atoms with Crippen LogP contribution in [-0.4, -0.2) is 47.0 Å². The number of hydrogen-bond acceptors (Lipinski definition) is 4. The molecule has 0 aliphatic carbocycles. The Morgan fingerprint density at radius 3 is 2.38 bits per heavy atom. The number of carbonyl (C=O) groups excluding carboxylic acids is 1. The number of benzene rings is 2. The average Bonchev–Trinajstić information content (AvgIpc) is 2.79. The molecule has 0 unspecified atom stereocenters. The third-order valence-corrected chi connectivity index (χ3v) is 5.65. The summed E-state index contributed by atoms with van der Waals surface area (Å²) in [7, 11) is 0. The summed E-state index contributed by atoms with van der Waals surface area (Å²) < 4.78 is 0. The topological polar surface area (TPSA) is 49.3 Å². The SMILES string of the molecule is Cc1ccccc1[C@H](CC(=O)N1CCN(c2cnccn2)CC1)c1ccccc1. The molecule has 0 bridgehead atoms. The monoisotopic (exact) mass is 386 g/mol. The fourth-order valence-corrected chi connectivity index (χ4v) is 4.01. The zero-order valence-corrected chi connectivity index (χ0v) is 16.7. The van der Waals surface area contributed by atoms with Crippen molar-refractivity contribution in [1.29, 1.82) is 0 Å². The van der Waals surface area contributed by atoms with E-state index < -0.39 is 0 Å². The summed E-state index contributed by atoms with van der Waals surface area (Å²) in [5.74, 6) is 1.16. The summed E-state index contributed by atoms with van der Waals surface area (Å²) >= 11 is 0. The first-order chi connectivity index (χ1) is 14.2. The number of hydrogen-bond donors (Lipinski definition) is 0. The lowest BCUT2D eigenvalue weighted by Crippen LogP contribution is -2.49. The van der Waals surface area contributed by atoms with Gasteiger partial charge >= 0.3 is 0 Å².